The molecule has 1 aliphatic carbocycles. The fourth-order valence-corrected chi connectivity index (χ4v) is 4.03. The molecule has 0 unspecified atom stereocenters. The number of likely N-dealkylation sites (tertiary alicyclic amines) is 1. The van der Waals surface area contributed by atoms with Crippen LogP contribution >= 0.6 is 0 Å². The maximum absolute atomic E-state index is 11.7. The second kappa shape index (κ2) is 8.59. The van der Waals surface area contributed by atoms with E-state index in [1.165, 1.54) is 24.7 Å². The number of nitrogens with two attached hydrogens (primary N) is 1. The highest BCUT2D eigenvalue weighted by Crippen LogP contribution is 2.33. The summed E-state index contributed by atoms with van der Waals surface area (Å²) in [5, 5.41) is 6.61. The minimum absolute atomic E-state index is 0.212. The molecule has 27 heavy (non-hydrogen) atoms. The van der Waals surface area contributed by atoms with Gasteiger partial charge in [-0.3, -0.25) is 4.79 Å². The van der Waals surface area contributed by atoms with Crippen LogP contribution in [-0.2, 0) is 0 Å². The fraction of sp³-hybridized carbons (Fsp3) is 0.650. The van der Waals surface area contributed by atoms with Gasteiger partial charge in [0.25, 0.3) is 5.91 Å². The Morgan fingerprint density at radius 2 is 1.93 bits per heavy atom. The topological polar surface area (TPSA) is 96.2 Å². The number of nitrogens with zero attached hydrogens (tertiary/aromatic N) is 3. The van der Waals surface area contributed by atoms with E-state index < -0.39 is 5.91 Å². The molecule has 3 rings (SSSR count). The van der Waals surface area contributed by atoms with Crippen molar-refractivity contribution >= 4 is 17.7 Å². The van der Waals surface area contributed by atoms with Gasteiger partial charge in [0.2, 0.25) is 5.95 Å². The molecule has 2 aliphatic rings. The summed E-state index contributed by atoms with van der Waals surface area (Å²) < 4.78 is 0. The average molecular weight is 373 g/mol. The highest BCUT2D eigenvalue weighted by atomic mass is 16.1. The van der Waals surface area contributed by atoms with E-state index in [4.69, 9.17) is 5.73 Å². The quantitative estimate of drug-likeness (QED) is 0.681. The molecule has 1 aromatic heterocycles. The molecule has 2 heterocycles. The summed E-state index contributed by atoms with van der Waals surface area (Å²) in [6.45, 7) is 10.7. The van der Waals surface area contributed by atoms with E-state index in [1.54, 1.807) is 0 Å². The first-order chi connectivity index (χ1) is 12.9. The summed E-state index contributed by atoms with van der Waals surface area (Å²) in [6.07, 6.45) is 8.36. The van der Waals surface area contributed by atoms with Gasteiger partial charge >= 0.3 is 0 Å². The number of carbonyl (C=O) groups is 1. The van der Waals surface area contributed by atoms with E-state index in [-0.39, 0.29) is 12.1 Å². The molecule has 1 amide bonds. The molecular formula is C20H32N6O. The number of aromatic nitrogens is 2. The van der Waals surface area contributed by atoms with Crippen molar-refractivity contribution in [3.63, 3.8) is 0 Å². The number of amides is 1. The summed E-state index contributed by atoms with van der Waals surface area (Å²) in [5.41, 5.74) is 7.16. The van der Waals surface area contributed by atoms with Crippen LogP contribution < -0.4 is 16.4 Å². The lowest BCUT2D eigenvalue weighted by molar-refractivity contribution is 0.100. The molecule has 0 aromatic carbocycles. The van der Waals surface area contributed by atoms with Crippen molar-refractivity contribution in [2.75, 3.05) is 23.7 Å². The van der Waals surface area contributed by atoms with Crippen molar-refractivity contribution in [1.29, 1.82) is 0 Å². The Labute approximate surface area is 161 Å². The molecule has 0 radical (unpaired) electrons. The number of nitrogens with one attached hydrogen (secondary N) is 2. The summed E-state index contributed by atoms with van der Waals surface area (Å²) in [6, 6.07) is 0.497. The summed E-state index contributed by atoms with van der Waals surface area (Å²) in [4.78, 5) is 22.9. The zero-order valence-corrected chi connectivity index (χ0v) is 16.5. The van der Waals surface area contributed by atoms with Gasteiger partial charge in [0.15, 0.2) is 0 Å². The molecule has 0 atom stereocenters. The van der Waals surface area contributed by atoms with Gasteiger partial charge in [-0.15, -0.1) is 0 Å². The summed E-state index contributed by atoms with van der Waals surface area (Å²) in [5.74, 6) is 1.10. The minimum Gasteiger partial charge on any atom is -0.375 e. The first-order valence-electron chi connectivity index (χ1n) is 10.1. The van der Waals surface area contributed by atoms with Crippen LogP contribution in [0.1, 0.15) is 62.7 Å². The molecule has 1 saturated heterocycles. The van der Waals surface area contributed by atoms with Gasteiger partial charge in [0, 0.05) is 37.1 Å². The van der Waals surface area contributed by atoms with Gasteiger partial charge in [-0.1, -0.05) is 6.58 Å². The highest BCUT2D eigenvalue weighted by molar-refractivity contribution is 5.97. The van der Waals surface area contributed by atoms with Gasteiger partial charge in [0.1, 0.15) is 5.82 Å². The Kier molecular flexibility index (Phi) is 6.19. The van der Waals surface area contributed by atoms with E-state index >= 15 is 0 Å². The largest absolute Gasteiger partial charge is 0.375 e. The lowest BCUT2D eigenvalue weighted by atomic mass is 9.84. The normalized spacial score (nSPS) is 22.7. The molecule has 148 valence electrons. The molecule has 1 aliphatic heterocycles. The molecule has 0 bridgehead atoms. The minimum atomic E-state index is -0.510. The molecule has 4 N–H and O–H groups in total. The maximum atomic E-state index is 11.7. The number of hydrogen-bond donors (Lipinski definition) is 3. The van der Waals surface area contributed by atoms with Gasteiger partial charge in [-0.25, -0.2) is 4.98 Å². The van der Waals surface area contributed by atoms with Crippen LogP contribution in [0.4, 0.5) is 11.8 Å². The third kappa shape index (κ3) is 4.90. The predicted octanol–water partition coefficient (Wildman–Crippen LogP) is 2.98. The number of carbonyl (C=O) groups excluding carboxylic acids is 1. The Balaban J connectivity index is 1.62. The van der Waals surface area contributed by atoms with Gasteiger partial charge in [-0.05, 0) is 58.3 Å². The van der Waals surface area contributed by atoms with Crippen molar-refractivity contribution < 1.29 is 4.79 Å². The van der Waals surface area contributed by atoms with E-state index in [1.807, 2.05) is 13.8 Å². The molecule has 0 spiro atoms. The Morgan fingerprint density at radius 1 is 1.26 bits per heavy atom. The number of rotatable bonds is 7. The standard InChI is InChI=1S/C20H32N6O/c1-13(2)23-20-22-12-17(18(21)27)19(25-20)24-16-8-6-15(7-9-16)14(3)26-10-4-5-11-26/h12-13,15-16H,3-11H2,1-2H3,(H2,21,27)(H2,22,23,24,25)/t15-,16+. The van der Waals surface area contributed by atoms with E-state index in [2.05, 4.69) is 32.1 Å². The van der Waals surface area contributed by atoms with Gasteiger partial charge in [0.05, 0.1) is 5.56 Å². The predicted molar refractivity (Wildman–Crippen MR) is 109 cm³/mol. The lowest BCUT2D eigenvalue weighted by Crippen LogP contribution is -2.32. The SMILES string of the molecule is C=C([C@H]1CC[C@@H](Nc2nc(NC(C)C)ncc2C(N)=O)CC1)N1CCCC1. The summed E-state index contributed by atoms with van der Waals surface area (Å²) >= 11 is 0. The van der Waals surface area contributed by atoms with Crippen molar-refractivity contribution in [3.8, 4) is 0 Å². The molecule has 2 fully saturated rings. The molecule has 7 nitrogen and oxygen atoms in total. The van der Waals surface area contributed by atoms with Crippen molar-refractivity contribution in [3.05, 3.63) is 24.0 Å². The summed E-state index contributed by atoms with van der Waals surface area (Å²) in [7, 11) is 0. The lowest BCUT2D eigenvalue weighted by Gasteiger charge is -2.34. The zero-order chi connectivity index (χ0) is 19.4. The Hall–Kier alpha value is -2.31. The molecular weight excluding hydrogens is 340 g/mol. The Bertz CT molecular complexity index is 675. The number of allylic oxidation sites excluding steroid dienone is 1. The highest BCUT2D eigenvalue weighted by Gasteiger charge is 2.27. The van der Waals surface area contributed by atoms with E-state index in [9.17, 15) is 4.79 Å². The number of primary amides is 1. The Morgan fingerprint density at radius 3 is 2.52 bits per heavy atom. The van der Waals surface area contributed by atoms with E-state index in [0.29, 0.717) is 23.2 Å². The molecule has 1 aromatic rings. The third-order valence-corrected chi connectivity index (χ3v) is 5.52. The smallest absolute Gasteiger partial charge is 0.254 e. The van der Waals surface area contributed by atoms with Crippen LogP contribution in [0.25, 0.3) is 0 Å². The monoisotopic (exact) mass is 372 g/mol. The van der Waals surface area contributed by atoms with Crippen LogP contribution in [0.2, 0.25) is 0 Å². The number of hydrogen-bond acceptors (Lipinski definition) is 6. The van der Waals surface area contributed by atoms with Crippen LogP contribution in [-0.4, -0.2) is 45.9 Å². The van der Waals surface area contributed by atoms with Crippen molar-refractivity contribution in [2.45, 2.75) is 64.5 Å². The molecule has 7 heteroatoms. The maximum Gasteiger partial charge on any atom is 0.254 e. The third-order valence-electron chi connectivity index (χ3n) is 5.52. The first-order valence-corrected chi connectivity index (χ1v) is 10.1. The van der Waals surface area contributed by atoms with Crippen molar-refractivity contribution in [2.24, 2.45) is 11.7 Å². The van der Waals surface area contributed by atoms with Gasteiger partial charge < -0.3 is 21.3 Å². The second-order valence-corrected chi connectivity index (χ2v) is 8.00. The zero-order valence-electron chi connectivity index (χ0n) is 16.5. The van der Waals surface area contributed by atoms with Crippen molar-refractivity contribution in [1.82, 2.24) is 14.9 Å². The van der Waals surface area contributed by atoms with Gasteiger partial charge in [-0.2, -0.15) is 4.98 Å². The van der Waals surface area contributed by atoms with Crippen LogP contribution in [0.15, 0.2) is 18.5 Å². The fourth-order valence-electron chi connectivity index (χ4n) is 4.03. The van der Waals surface area contributed by atoms with Crippen LogP contribution in [0.5, 0.6) is 0 Å². The van der Waals surface area contributed by atoms with Crippen LogP contribution in [0.3, 0.4) is 0 Å². The van der Waals surface area contributed by atoms with Crippen LogP contribution in [0, 0.1) is 5.92 Å². The molecule has 1 saturated carbocycles. The average Bonchev–Trinajstić information content (AvgIpc) is 3.16. The first kappa shape index (κ1) is 19.5. The number of anilines is 2. The van der Waals surface area contributed by atoms with E-state index in [0.717, 1.165) is 38.8 Å². The second-order valence-electron chi connectivity index (χ2n) is 8.00.